The number of thiophene rings is 1. The summed E-state index contributed by atoms with van der Waals surface area (Å²) in [4.78, 5) is 23.5. The van der Waals surface area contributed by atoms with Gasteiger partial charge in [0.05, 0.1) is 17.3 Å². The zero-order chi connectivity index (χ0) is 23.2. The van der Waals surface area contributed by atoms with Gasteiger partial charge in [0.1, 0.15) is 0 Å². The molecule has 34 heavy (non-hydrogen) atoms. The highest BCUT2D eigenvalue weighted by Crippen LogP contribution is 2.25. The van der Waals surface area contributed by atoms with Crippen molar-refractivity contribution in [3.8, 4) is 10.7 Å². The maximum Gasteiger partial charge on any atom is 0.241 e. The number of hydrogen-bond acceptors (Lipinski definition) is 6. The number of aromatic nitrogens is 2. The van der Waals surface area contributed by atoms with Crippen LogP contribution in [0.15, 0.2) is 82.7 Å². The zero-order valence-electron chi connectivity index (χ0n) is 19.0. The van der Waals surface area contributed by atoms with Gasteiger partial charge in [-0.3, -0.25) is 9.69 Å². The van der Waals surface area contributed by atoms with Crippen LogP contribution in [0.3, 0.4) is 0 Å². The van der Waals surface area contributed by atoms with Crippen LogP contribution in [0.25, 0.3) is 10.7 Å². The number of carbonyl (C=O) groups is 1. The Labute approximate surface area is 203 Å². The SMILES string of the molecule is O=C(C1CCCN(Cc2nc(-c3cccs3)no2)C1)N(Cc1ccccc1)Cc1ccccc1. The van der Waals surface area contributed by atoms with Crippen LogP contribution in [0.2, 0.25) is 0 Å². The molecule has 0 aliphatic carbocycles. The minimum absolute atomic E-state index is 0.0409. The molecule has 1 amide bonds. The largest absolute Gasteiger partial charge is 0.338 e. The molecule has 2 aromatic heterocycles. The minimum atomic E-state index is -0.0409. The molecule has 1 atom stereocenters. The van der Waals surface area contributed by atoms with Crippen LogP contribution >= 0.6 is 11.3 Å². The molecule has 174 valence electrons. The number of piperidine rings is 1. The van der Waals surface area contributed by atoms with Crippen molar-refractivity contribution in [1.82, 2.24) is 19.9 Å². The summed E-state index contributed by atoms with van der Waals surface area (Å²) in [7, 11) is 0. The number of carbonyl (C=O) groups excluding carboxylic acids is 1. The maximum absolute atomic E-state index is 13.7. The third kappa shape index (κ3) is 5.61. The number of amides is 1. The number of likely N-dealkylation sites (tertiary alicyclic amines) is 1. The van der Waals surface area contributed by atoms with Gasteiger partial charge < -0.3 is 9.42 Å². The van der Waals surface area contributed by atoms with Gasteiger partial charge in [-0.2, -0.15) is 4.98 Å². The fourth-order valence-electron chi connectivity index (χ4n) is 4.49. The molecule has 0 saturated carbocycles. The molecule has 3 heterocycles. The molecule has 1 saturated heterocycles. The van der Waals surface area contributed by atoms with Crippen molar-refractivity contribution in [3.63, 3.8) is 0 Å². The van der Waals surface area contributed by atoms with Crippen LogP contribution in [-0.2, 0) is 24.4 Å². The number of nitrogens with zero attached hydrogens (tertiary/aromatic N) is 4. The van der Waals surface area contributed by atoms with Crippen LogP contribution in [0.1, 0.15) is 29.9 Å². The maximum atomic E-state index is 13.7. The first-order valence-electron chi connectivity index (χ1n) is 11.7. The Balaban J connectivity index is 1.27. The normalized spacial score (nSPS) is 16.4. The molecule has 4 aromatic rings. The molecule has 2 aromatic carbocycles. The molecule has 0 N–H and O–H groups in total. The molecule has 1 aliphatic heterocycles. The number of benzene rings is 2. The first-order valence-corrected chi connectivity index (χ1v) is 12.6. The van der Waals surface area contributed by atoms with Crippen LogP contribution in [0.4, 0.5) is 0 Å². The Morgan fingerprint density at radius 2 is 1.71 bits per heavy atom. The molecule has 1 aliphatic rings. The fourth-order valence-corrected chi connectivity index (χ4v) is 5.14. The van der Waals surface area contributed by atoms with E-state index in [1.807, 2.05) is 58.8 Å². The van der Waals surface area contributed by atoms with Crippen molar-refractivity contribution in [3.05, 3.63) is 95.2 Å². The van der Waals surface area contributed by atoms with Crippen LogP contribution in [0, 0.1) is 5.92 Å². The van der Waals surface area contributed by atoms with E-state index in [0.717, 1.165) is 35.4 Å². The predicted molar refractivity (Wildman–Crippen MR) is 133 cm³/mol. The van der Waals surface area contributed by atoms with E-state index in [9.17, 15) is 4.79 Å². The van der Waals surface area contributed by atoms with E-state index in [1.54, 1.807) is 11.3 Å². The monoisotopic (exact) mass is 472 g/mol. The van der Waals surface area contributed by atoms with E-state index in [0.29, 0.717) is 37.9 Å². The molecule has 5 rings (SSSR count). The van der Waals surface area contributed by atoms with Crippen LogP contribution in [-0.4, -0.2) is 38.9 Å². The van der Waals surface area contributed by atoms with E-state index in [2.05, 4.69) is 39.3 Å². The van der Waals surface area contributed by atoms with Crippen molar-refractivity contribution in [2.24, 2.45) is 5.92 Å². The summed E-state index contributed by atoms with van der Waals surface area (Å²) < 4.78 is 5.50. The van der Waals surface area contributed by atoms with Gasteiger partial charge in [0, 0.05) is 19.6 Å². The lowest BCUT2D eigenvalue weighted by atomic mass is 9.96. The Hall–Kier alpha value is -3.29. The van der Waals surface area contributed by atoms with Crippen molar-refractivity contribution >= 4 is 17.2 Å². The fraction of sp³-hybridized carbons (Fsp3) is 0.296. The molecular formula is C27H28N4O2S. The number of rotatable bonds is 8. The first-order chi connectivity index (χ1) is 16.7. The van der Waals surface area contributed by atoms with Gasteiger partial charge in [0.25, 0.3) is 0 Å². The Bertz CT molecular complexity index is 1140. The molecule has 6 nitrogen and oxygen atoms in total. The van der Waals surface area contributed by atoms with E-state index in [-0.39, 0.29) is 11.8 Å². The standard InChI is InChI=1S/C27H28N4O2S/c32-27(31(17-21-9-3-1-4-10-21)18-22-11-5-2-6-12-22)23-13-7-15-30(19-23)20-25-28-26(29-33-25)24-14-8-16-34-24/h1-6,8-12,14,16,23H,7,13,15,17-20H2. The first kappa shape index (κ1) is 22.5. The number of hydrogen-bond donors (Lipinski definition) is 0. The molecule has 7 heteroatoms. The second-order valence-electron chi connectivity index (χ2n) is 8.73. The predicted octanol–water partition coefficient (Wildman–Crippen LogP) is 5.24. The molecule has 0 radical (unpaired) electrons. The van der Waals surface area contributed by atoms with Gasteiger partial charge >= 0.3 is 0 Å². The lowest BCUT2D eigenvalue weighted by molar-refractivity contribution is -0.138. The summed E-state index contributed by atoms with van der Waals surface area (Å²) in [5.41, 5.74) is 2.29. The average Bonchev–Trinajstić information content (AvgIpc) is 3.57. The van der Waals surface area contributed by atoms with E-state index < -0.39 is 0 Å². The summed E-state index contributed by atoms with van der Waals surface area (Å²) in [6, 6.07) is 24.4. The second-order valence-corrected chi connectivity index (χ2v) is 9.68. The van der Waals surface area contributed by atoms with Crippen LogP contribution in [0.5, 0.6) is 0 Å². The summed E-state index contributed by atoms with van der Waals surface area (Å²) in [6.07, 6.45) is 1.88. The van der Waals surface area contributed by atoms with Crippen molar-refractivity contribution in [2.75, 3.05) is 13.1 Å². The molecule has 1 unspecified atom stereocenters. The Kier molecular flexibility index (Phi) is 7.12. The Morgan fingerprint density at radius 1 is 1.00 bits per heavy atom. The quantitative estimate of drug-likeness (QED) is 0.351. The third-order valence-corrected chi connectivity index (χ3v) is 7.03. The van der Waals surface area contributed by atoms with E-state index in [4.69, 9.17) is 4.52 Å². The van der Waals surface area contributed by atoms with Gasteiger partial charge in [0.15, 0.2) is 0 Å². The molecule has 1 fully saturated rings. The molecular weight excluding hydrogens is 444 g/mol. The summed E-state index contributed by atoms with van der Waals surface area (Å²) in [6.45, 7) is 3.42. The lowest BCUT2D eigenvalue weighted by Gasteiger charge is -2.34. The highest BCUT2D eigenvalue weighted by Gasteiger charge is 2.30. The van der Waals surface area contributed by atoms with Crippen molar-refractivity contribution < 1.29 is 9.32 Å². The topological polar surface area (TPSA) is 62.5 Å². The average molecular weight is 473 g/mol. The smallest absolute Gasteiger partial charge is 0.241 e. The van der Waals surface area contributed by atoms with Crippen LogP contribution < -0.4 is 0 Å². The van der Waals surface area contributed by atoms with Gasteiger partial charge in [-0.1, -0.05) is 71.9 Å². The minimum Gasteiger partial charge on any atom is -0.338 e. The molecule has 0 spiro atoms. The van der Waals surface area contributed by atoms with Gasteiger partial charge in [-0.15, -0.1) is 11.3 Å². The van der Waals surface area contributed by atoms with Gasteiger partial charge in [0.2, 0.25) is 17.6 Å². The second kappa shape index (κ2) is 10.8. The summed E-state index contributed by atoms with van der Waals surface area (Å²) in [5.74, 6) is 1.40. The molecule has 0 bridgehead atoms. The van der Waals surface area contributed by atoms with Crippen molar-refractivity contribution in [1.29, 1.82) is 0 Å². The van der Waals surface area contributed by atoms with Gasteiger partial charge in [-0.05, 0) is 42.0 Å². The zero-order valence-corrected chi connectivity index (χ0v) is 19.9. The third-order valence-electron chi connectivity index (χ3n) is 6.17. The summed E-state index contributed by atoms with van der Waals surface area (Å²) >= 11 is 1.60. The van der Waals surface area contributed by atoms with E-state index in [1.165, 1.54) is 0 Å². The van der Waals surface area contributed by atoms with Crippen molar-refractivity contribution in [2.45, 2.75) is 32.5 Å². The summed E-state index contributed by atoms with van der Waals surface area (Å²) in [5, 5.41) is 6.13. The lowest BCUT2D eigenvalue weighted by Crippen LogP contribution is -2.44. The van der Waals surface area contributed by atoms with Gasteiger partial charge in [-0.25, -0.2) is 0 Å². The highest BCUT2D eigenvalue weighted by atomic mass is 32.1. The highest BCUT2D eigenvalue weighted by molar-refractivity contribution is 7.13. The van der Waals surface area contributed by atoms with E-state index >= 15 is 0 Å². The Morgan fingerprint density at radius 3 is 2.35 bits per heavy atom.